The van der Waals surface area contributed by atoms with Crippen LogP contribution in [0.5, 0.6) is 17.4 Å². The molecule has 0 aliphatic heterocycles. The summed E-state index contributed by atoms with van der Waals surface area (Å²) in [7, 11) is 1.59. The molecule has 6 rings (SSSR count). The maximum absolute atomic E-state index is 6.02. The van der Waals surface area contributed by atoms with Gasteiger partial charge in [0.05, 0.1) is 18.1 Å². The van der Waals surface area contributed by atoms with Gasteiger partial charge in [0.2, 0.25) is 0 Å². The van der Waals surface area contributed by atoms with Crippen LogP contribution in [0.1, 0.15) is 5.82 Å². The Kier molecular flexibility index (Phi) is 5.03. The minimum atomic E-state index is 0.416. The molecule has 6 aromatic rings. The number of ether oxygens (including phenoxy) is 2. The van der Waals surface area contributed by atoms with Gasteiger partial charge in [0.1, 0.15) is 5.75 Å². The molecule has 0 radical (unpaired) electrons. The summed E-state index contributed by atoms with van der Waals surface area (Å²) in [6.45, 7) is 1.77. The van der Waals surface area contributed by atoms with Crippen molar-refractivity contribution >= 4 is 21.8 Å². The summed E-state index contributed by atoms with van der Waals surface area (Å²) in [5.74, 6) is 2.61. The molecule has 0 aliphatic rings. The Morgan fingerprint density at radius 3 is 2.37 bits per heavy atom. The standard InChI is InChI=1S/C27H20N6O2/c1-17-29-31-27(32-30-17)33-23-10-4-3-9-21(23)22-13-12-19(16-24(22)33)18-7-5-8-20(15-18)35-26-25(34-2)11-6-14-28-26/h3-16H,1-2H3. The van der Waals surface area contributed by atoms with Crippen LogP contribution in [0, 0.1) is 6.92 Å². The molecule has 3 aromatic heterocycles. The van der Waals surface area contributed by atoms with Gasteiger partial charge in [-0.3, -0.25) is 4.57 Å². The molecule has 35 heavy (non-hydrogen) atoms. The van der Waals surface area contributed by atoms with E-state index in [1.54, 1.807) is 26.3 Å². The number of methoxy groups -OCH3 is 1. The molecule has 0 N–H and O–H groups in total. The summed E-state index contributed by atoms with van der Waals surface area (Å²) in [6, 6.07) is 26.0. The Bertz CT molecular complexity index is 1680. The second-order valence-corrected chi connectivity index (χ2v) is 7.97. The Morgan fingerprint density at radius 2 is 1.51 bits per heavy atom. The van der Waals surface area contributed by atoms with Gasteiger partial charge in [0.15, 0.2) is 11.6 Å². The Hall–Kier alpha value is -4.85. The SMILES string of the molecule is COc1cccnc1Oc1cccc(-c2ccc3c4ccccc4n(-c4nnc(C)nn4)c3c2)c1. The van der Waals surface area contributed by atoms with Gasteiger partial charge >= 0.3 is 0 Å². The fourth-order valence-electron chi connectivity index (χ4n) is 4.19. The predicted octanol–water partition coefficient (Wildman–Crippen LogP) is 5.54. The summed E-state index contributed by atoms with van der Waals surface area (Å²) in [6.07, 6.45) is 1.67. The number of fused-ring (bicyclic) bond motifs is 3. The normalized spacial score (nSPS) is 11.1. The molecule has 8 heteroatoms. The van der Waals surface area contributed by atoms with Crippen LogP contribution in [0.15, 0.2) is 85.1 Å². The first kappa shape index (κ1) is 20.7. The van der Waals surface area contributed by atoms with Crippen LogP contribution in [-0.4, -0.2) is 37.1 Å². The number of para-hydroxylation sites is 1. The molecule has 0 saturated heterocycles. The lowest BCUT2D eigenvalue weighted by Gasteiger charge is -2.10. The van der Waals surface area contributed by atoms with Crippen LogP contribution >= 0.6 is 0 Å². The van der Waals surface area contributed by atoms with E-state index in [1.807, 2.05) is 53.1 Å². The zero-order valence-electron chi connectivity index (χ0n) is 19.1. The highest BCUT2D eigenvalue weighted by Crippen LogP contribution is 2.35. The van der Waals surface area contributed by atoms with Gasteiger partial charge in [-0.05, 0) is 54.4 Å². The van der Waals surface area contributed by atoms with Gasteiger partial charge in [-0.25, -0.2) is 4.98 Å². The van der Waals surface area contributed by atoms with E-state index < -0.39 is 0 Å². The summed E-state index contributed by atoms with van der Waals surface area (Å²) < 4.78 is 13.4. The second-order valence-electron chi connectivity index (χ2n) is 7.97. The number of aromatic nitrogens is 6. The molecule has 3 aromatic carbocycles. The van der Waals surface area contributed by atoms with Crippen LogP contribution in [0.3, 0.4) is 0 Å². The Balaban J connectivity index is 1.48. The first-order valence-electron chi connectivity index (χ1n) is 11.1. The van der Waals surface area contributed by atoms with Crippen molar-refractivity contribution in [3.05, 3.63) is 90.9 Å². The highest BCUT2D eigenvalue weighted by atomic mass is 16.5. The van der Waals surface area contributed by atoms with Gasteiger partial charge in [0, 0.05) is 17.0 Å². The number of hydrogen-bond acceptors (Lipinski definition) is 7. The number of benzene rings is 3. The lowest BCUT2D eigenvalue weighted by molar-refractivity contribution is 0.369. The minimum absolute atomic E-state index is 0.416. The number of pyridine rings is 1. The average molecular weight is 460 g/mol. The molecule has 3 heterocycles. The number of hydrogen-bond donors (Lipinski definition) is 0. The topological polar surface area (TPSA) is 87.8 Å². The molecule has 0 aliphatic carbocycles. The van der Waals surface area contributed by atoms with E-state index >= 15 is 0 Å². The van der Waals surface area contributed by atoms with Crippen molar-refractivity contribution in [3.63, 3.8) is 0 Å². The summed E-state index contributed by atoms with van der Waals surface area (Å²) in [4.78, 5) is 4.29. The third kappa shape index (κ3) is 3.71. The summed E-state index contributed by atoms with van der Waals surface area (Å²) in [5.41, 5.74) is 3.98. The third-order valence-corrected chi connectivity index (χ3v) is 5.78. The zero-order valence-corrected chi connectivity index (χ0v) is 19.1. The van der Waals surface area contributed by atoms with Crippen LogP contribution in [0.25, 0.3) is 38.9 Å². The second kappa shape index (κ2) is 8.49. The van der Waals surface area contributed by atoms with Crippen LogP contribution < -0.4 is 9.47 Å². The Morgan fingerprint density at radius 1 is 0.714 bits per heavy atom. The van der Waals surface area contributed by atoms with Crippen LogP contribution in [0.2, 0.25) is 0 Å². The van der Waals surface area contributed by atoms with Gasteiger partial charge in [-0.2, -0.15) is 0 Å². The van der Waals surface area contributed by atoms with E-state index in [-0.39, 0.29) is 0 Å². The molecule has 0 amide bonds. The predicted molar refractivity (Wildman–Crippen MR) is 133 cm³/mol. The van der Waals surface area contributed by atoms with Crippen LogP contribution in [-0.2, 0) is 0 Å². The highest BCUT2D eigenvalue weighted by Gasteiger charge is 2.16. The van der Waals surface area contributed by atoms with Crippen molar-refractivity contribution in [2.75, 3.05) is 7.11 Å². The molecule has 0 spiro atoms. The average Bonchev–Trinajstić information content (AvgIpc) is 3.23. The van der Waals surface area contributed by atoms with Crippen LogP contribution in [0.4, 0.5) is 0 Å². The first-order chi connectivity index (χ1) is 17.2. The molecule has 0 saturated carbocycles. The number of nitrogens with zero attached hydrogens (tertiary/aromatic N) is 6. The number of aryl methyl sites for hydroxylation is 1. The molecule has 0 fully saturated rings. The lowest BCUT2D eigenvalue weighted by atomic mass is 10.0. The van der Waals surface area contributed by atoms with Gasteiger partial charge in [-0.1, -0.05) is 42.5 Å². The maximum Gasteiger partial charge on any atom is 0.273 e. The summed E-state index contributed by atoms with van der Waals surface area (Å²) >= 11 is 0. The largest absolute Gasteiger partial charge is 0.491 e. The van der Waals surface area contributed by atoms with E-state index in [4.69, 9.17) is 9.47 Å². The quantitative estimate of drug-likeness (QED) is 0.334. The van der Waals surface area contributed by atoms with E-state index in [0.717, 1.165) is 32.9 Å². The van der Waals surface area contributed by atoms with Crippen molar-refractivity contribution in [3.8, 4) is 34.5 Å². The van der Waals surface area contributed by atoms with Gasteiger partial charge < -0.3 is 9.47 Å². The van der Waals surface area contributed by atoms with Crippen molar-refractivity contribution in [1.82, 2.24) is 29.9 Å². The van der Waals surface area contributed by atoms with Crippen molar-refractivity contribution < 1.29 is 9.47 Å². The lowest BCUT2D eigenvalue weighted by Crippen LogP contribution is -2.06. The zero-order chi connectivity index (χ0) is 23.8. The molecule has 0 unspecified atom stereocenters. The third-order valence-electron chi connectivity index (χ3n) is 5.78. The smallest absolute Gasteiger partial charge is 0.273 e. The molecule has 8 nitrogen and oxygen atoms in total. The van der Waals surface area contributed by atoms with Gasteiger partial charge in [-0.15, -0.1) is 20.4 Å². The monoisotopic (exact) mass is 460 g/mol. The minimum Gasteiger partial charge on any atom is -0.491 e. The van der Waals surface area contributed by atoms with Crippen molar-refractivity contribution in [2.45, 2.75) is 6.92 Å². The Labute approximate surface area is 200 Å². The fourth-order valence-corrected chi connectivity index (χ4v) is 4.19. The van der Waals surface area contributed by atoms with E-state index in [1.165, 1.54) is 0 Å². The molecular formula is C27H20N6O2. The number of rotatable bonds is 5. The first-order valence-corrected chi connectivity index (χ1v) is 11.1. The van der Waals surface area contributed by atoms with Crippen molar-refractivity contribution in [1.29, 1.82) is 0 Å². The molecular weight excluding hydrogens is 440 g/mol. The van der Waals surface area contributed by atoms with Crippen molar-refractivity contribution in [2.24, 2.45) is 0 Å². The molecule has 0 bridgehead atoms. The van der Waals surface area contributed by atoms with E-state index in [2.05, 4.69) is 49.6 Å². The van der Waals surface area contributed by atoms with E-state index in [9.17, 15) is 0 Å². The maximum atomic E-state index is 6.02. The van der Waals surface area contributed by atoms with E-state index in [0.29, 0.717) is 29.2 Å². The fraction of sp³-hybridized carbons (Fsp3) is 0.0741. The summed E-state index contributed by atoms with van der Waals surface area (Å²) in [5, 5.41) is 19.0. The van der Waals surface area contributed by atoms with Gasteiger partial charge in [0.25, 0.3) is 11.8 Å². The molecule has 0 atom stereocenters. The molecule has 170 valence electrons. The highest BCUT2D eigenvalue weighted by molar-refractivity contribution is 6.09.